The Morgan fingerprint density at radius 2 is 1.89 bits per heavy atom. The molecule has 0 aliphatic heterocycles. The molecule has 0 spiro atoms. The Balaban J connectivity index is 2.43. The van der Waals surface area contributed by atoms with E-state index in [2.05, 4.69) is 5.32 Å². The summed E-state index contributed by atoms with van der Waals surface area (Å²) in [6.07, 6.45) is 0. The summed E-state index contributed by atoms with van der Waals surface area (Å²) in [6.45, 7) is 1.93. The Morgan fingerprint density at radius 3 is 2.46 bits per heavy atom. The third-order valence-electron chi connectivity index (χ3n) is 3.74. The summed E-state index contributed by atoms with van der Waals surface area (Å²) in [4.78, 5) is 23.6. The number of anilines is 1. The van der Waals surface area contributed by atoms with Crippen molar-refractivity contribution in [2.75, 3.05) is 25.6 Å². The van der Waals surface area contributed by atoms with E-state index in [1.807, 2.05) is 13.0 Å². The molecule has 0 saturated carbocycles. The van der Waals surface area contributed by atoms with Crippen molar-refractivity contribution in [3.05, 3.63) is 53.6 Å². The van der Waals surface area contributed by atoms with Crippen molar-refractivity contribution in [2.45, 2.75) is 13.0 Å². The van der Waals surface area contributed by atoms with E-state index < -0.39 is 17.9 Å². The highest BCUT2D eigenvalue weighted by Gasteiger charge is 2.26. The molecule has 3 N–H and O–H groups in total. The van der Waals surface area contributed by atoms with E-state index in [0.717, 1.165) is 0 Å². The lowest BCUT2D eigenvalue weighted by molar-refractivity contribution is -0.141. The fraction of sp³-hybridized carbons (Fsp3) is 0.250. The van der Waals surface area contributed by atoms with Crippen molar-refractivity contribution < 1.29 is 23.8 Å². The molecule has 2 rings (SSSR count). The van der Waals surface area contributed by atoms with E-state index in [1.165, 1.54) is 7.11 Å². The maximum Gasteiger partial charge on any atom is 0.333 e. The topological polar surface area (TPSA) is 124 Å². The average molecular weight is 383 g/mol. The first-order chi connectivity index (χ1) is 13.5. The Hall–Kier alpha value is -3.73. The highest BCUT2D eigenvalue weighted by molar-refractivity contribution is 5.82. The number of hydrogen-bond donors (Lipinski definition) is 2. The number of nitrogens with zero attached hydrogens (tertiary/aromatic N) is 1. The number of methoxy groups -OCH3 is 1. The van der Waals surface area contributed by atoms with Gasteiger partial charge in [-0.3, -0.25) is 4.79 Å². The molecule has 1 unspecified atom stereocenters. The van der Waals surface area contributed by atoms with E-state index >= 15 is 0 Å². The molecule has 28 heavy (non-hydrogen) atoms. The van der Waals surface area contributed by atoms with Gasteiger partial charge in [0.2, 0.25) is 0 Å². The van der Waals surface area contributed by atoms with Crippen LogP contribution in [0.2, 0.25) is 0 Å². The fourth-order valence-electron chi connectivity index (χ4n) is 2.48. The first-order valence-corrected chi connectivity index (χ1v) is 8.50. The number of esters is 1. The molecule has 0 aromatic heterocycles. The minimum absolute atomic E-state index is 0.291. The largest absolute Gasteiger partial charge is 0.494 e. The van der Waals surface area contributed by atoms with Crippen LogP contribution in [0, 0.1) is 11.3 Å². The summed E-state index contributed by atoms with van der Waals surface area (Å²) in [7, 11) is 1.27. The van der Waals surface area contributed by atoms with Crippen LogP contribution in [0.5, 0.6) is 11.5 Å². The van der Waals surface area contributed by atoms with Gasteiger partial charge in [0.25, 0.3) is 5.91 Å². The number of ether oxygens (including phenoxy) is 3. The predicted molar refractivity (Wildman–Crippen MR) is 102 cm³/mol. The number of primary amides is 1. The van der Waals surface area contributed by atoms with Crippen LogP contribution >= 0.6 is 0 Å². The monoisotopic (exact) mass is 383 g/mol. The molecule has 1 amide bonds. The summed E-state index contributed by atoms with van der Waals surface area (Å²) < 4.78 is 15.9. The van der Waals surface area contributed by atoms with Gasteiger partial charge in [-0.05, 0) is 49.4 Å². The minimum atomic E-state index is -0.943. The van der Waals surface area contributed by atoms with Crippen molar-refractivity contribution in [2.24, 2.45) is 5.73 Å². The van der Waals surface area contributed by atoms with Crippen LogP contribution in [-0.2, 0) is 14.3 Å². The fourth-order valence-corrected chi connectivity index (χ4v) is 2.48. The van der Waals surface area contributed by atoms with Crippen molar-refractivity contribution >= 4 is 17.6 Å². The van der Waals surface area contributed by atoms with Crippen LogP contribution in [-0.4, -0.2) is 32.2 Å². The zero-order valence-electron chi connectivity index (χ0n) is 15.6. The summed E-state index contributed by atoms with van der Waals surface area (Å²) in [5.41, 5.74) is 6.66. The lowest BCUT2D eigenvalue weighted by Crippen LogP contribution is -2.25. The molecule has 0 radical (unpaired) electrons. The zero-order chi connectivity index (χ0) is 20.5. The van der Waals surface area contributed by atoms with Gasteiger partial charge in [0, 0.05) is 11.3 Å². The van der Waals surface area contributed by atoms with Crippen LogP contribution in [0.1, 0.15) is 24.1 Å². The lowest BCUT2D eigenvalue weighted by Gasteiger charge is -2.21. The van der Waals surface area contributed by atoms with E-state index in [1.54, 1.807) is 42.5 Å². The molecule has 8 nitrogen and oxygen atoms in total. The maximum absolute atomic E-state index is 12.5. The second kappa shape index (κ2) is 9.83. The van der Waals surface area contributed by atoms with Gasteiger partial charge in [0.05, 0.1) is 25.3 Å². The number of hydrogen-bond acceptors (Lipinski definition) is 7. The number of amides is 1. The number of carbonyl (C=O) groups excluding carboxylic acids is 2. The van der Waals surface area contributed by atoms with E-state index in [9.17, 15) is 9.59 Å². The SMILES string of the molecule is CCOc1ccc(OCC(N)=O)c(C(Nc2ccc(C#N)cc2)C(=O)OC)c1. The van der Waals surface area contributed by atoms with Gasteiger partial charge in [0.1, 0.15) is 11.5 Å². The molecule has 0 aliphatic carbocycles. The first kappa shape index (κ1) is 20.6. The van der Waals surface area contributed by atoms with Gasteiger partial charge in [-0.15, -0.1) is 0 Å². The van der Waals surface area contributed by atoms with Gasteiger partial charge in [-0.2, -0.15) is 5.26 Å². The van der Waals surface area contributed by atoms with Crippen LogP contribution in [0.3, 0.4) is 0 Å². The third-order valence-corrected chi connectivity index (χ3v) is 3.74. The van der Waals surface area contributed by atoms with Crippen LogP contribution in [0.15, 0.2) is 42.5 Å². The molecule has 0 saturated heterocycles. The summed E-state index contributed by atoms with van der Waals surface area (Å²) in [5, 5.41) is 12.0. The molecular weight excluding hydrogens is 362 g/mol. The average Bonchev–Trinajstić information content (AvgIpc) is 2.71. The Morgan fingerprint density at radius 1 is 1.18 bits per heavy atom. The molecule has 1 atom stereocenters. The van der Waals surface area contributed by atoms with Crippen molar-refractivity contribution in [3.8, 4) is 17.6 Å². The van der Waals surface area contributed by atoms with E-state index in [0.29, 0.717) is 34.9 Å². The Kier molecular flexibility index (Phi) is 7.22. The van der Waals surface area contributed by atoms with Crippen molar-refractivity contribution in [3.63, 3.8) is 0 Å². The number of nitrogens with two attached hydrogens (primary N) is 1. The third kappa shape index (κ3) is 5.38. The van der Waals surface area contributed by atoms with Gasteiger partial charge in [0.15, 0.2) is 12.6 Å². The van der Waals surface area contributed by atoms with Gasteiger partial charge >= 0.3 is 5.97 Å². The lowest BCUT2D eigenvalue weighted by atomic mass is 10.0. The maximum atomic E-state index is 12.5. The molecule has 0 bridgehead atoms. The molecule has 0 aliphatic rings. The second-order valence-electron chi connectivity index (χ2n) is 5.68. The van der Waals surface area contributed by atoms with E-state index in [4.69, 9.17) is 25.2 Å². The van der Waals surface area contributed by atoms with Crippen LogP contribution in [0.4, 0.5) is 5.69 Å². The molecule has 0 heterocycles. The zero-order valence-corrected chi connectivity index (χ0v) is 15.6. The Bertz CT molecular complexity index is 874. The standard InChI is InChI=1S/C20H21N3O5/c1-3-27-15-8-9-17(28-12-18(22)24)16(10-15)19(20(25)26-2)23-14-6-4-13(11-21)5-7-14/h4-10,19,23H,3,12H2,1-2H3,(H2,22,24). The first-order valence-electron chi connectivity index (χ1n) is 8.50. The normalized spacial score (nSPS) is 11.0. The highest BCUT2D eigenvalue weighted by Crippen LogP contribution is 2.32. The van der Waals surface area contributed by atoms with Crippen molar-refractivity contribution in [1.82, 2.24) is 0 Å². The number of benzene rings is 2. The van der Waals surface area contributed by atoms with Crippen LogP contribution in [0.25, 0.3) is 0 Å². The molecule has 0 fully saturated rings. The molecule has 146 valence electrons. The van der Waals surface area contributed by atoms with Crippen LogP contribution < -0.4 is 20.5 Å². The molecule has 8 heteroatoms. The highest BCUT2D eigenvalue weighted by atomic mass is 16.5. The van der Waals surface area contributed by atoms with E-state index in [-0.39, 0.29) is 6.61 Å². The van der Waals surface area contributed by atoms with Gasteiger partial charge in [-0.25, -0.2) is 4.79 Å². The van der Waals surface area contributed by atoms with Gasteiger partial charge in [-0.1, -0.05) is 0 Å². The summed E-state index contributed by atoms with van der Waals surface area (Å²) in [6, 6.07) is 12.6. The van der Waals surface area contributed by atoms with Gasteiger partial charge < -0.3 is 25.3 Å². The molecular formula is C20H21N3O5. The second-order valence-corrected chi connectivity index (χ2v) is 5.68. The number of carbonyl (C=O) groups is 2. The minimum Gasteiger partial charge on any atom is -0.494 e. The predicted octanol–water partition coefficient (Wildman–Crippen LogP) is 2.15. The Labute approximate surface area is 162 Å². The molecule has 2 aromatic rings. The smallest absolute Gasteiger partial charge is 0.333 e. The number of nitriles is 1. The summed E-state index contributed by atoms with van der Waals surface area (Å²) >= 11 is 0. The van der Waals surface area contributed by atoms with Crippen molar-refractivity contribution in [1.29, 1.82) is 5.26 Å². The summed E-state index contributed by atoms with van der Waals surface area (Å²) in [5.74, 6) is -0.394. The number of rotatable bonds is 9. The number of nitrogens with one attached hydrogen (secondary N) is 1. The quantitative estimate of drug-likeness (QED) is 0.636. The molecule has 2 aromatic carbocycles.